The number of aromatic nitrogens is 5. The highest BCUT2D eigenvalue weighted by molar-refractivity contribution is 5.31. The van der Waals surface area contributed by atoms with Crippen molar-refractivity contribution in [1.29, 1.82) is 5.26 Å². The molecule has 1 aliphatic carbocycles. The van der Waals surface area contributed by atoms with Gasteiger partial charge < -0.3 is 15.2 Å². The van der Waals surface area contributed by atoms with Crippen LogP contribution in [0.15, 0.2) is 12.4 Å². The van der Waals surface area contributed by atoms with Crippen molar-refractivity contribution < 1.29 is 0 Å². The fourth-order valence-corrected chi connectivity index (χ4v) is 3.61. The quantitative estimate of drug-likeness (QED) is 0.873. The van der Waals surface area contributed by atoms with Crippen LogP contribution in [0.3, 0.4) is 0 Å². The van der Waals surface area contributed by atoms with Crippen molar-refractivity contribution in [2.45, 2.75) is 50.7 Å². The molecule has 0 bridgehead atoms. The summed E-state index contributed by atoms with van der Waals surface area (Å²) in [6, 6.07) is 2.36. The van der Waals surface area contributed by atoms with Gasteiger partial charge >= 0.3 is 0 Å². The number of rotatable bonds is 3. The van der Waals surface area contributed by atoms with Crippen LogP contribution in [0.5, 0.6) is 0 Å². The fraction of sp³-hybridized carbons (Fsp3) is 0.562. The highest BCUT2D eigenvalue weighted by Crippen LogP contribution is 2.33. The van der Waals surface area contributed by atoms with Crippen LogP contribution in [0, 0.1) is 11.3 Å². The highest BCUT2D eigenvalue weighted by atomic mass is 15.3. The van der Waals surface area contributed by atoms with Gasteiger partial charge in [0.1, 0.15) is 17.7 Å². The summed E-state index contributed by atoms with van der Waals surface area (Å²) in [4.78, 5) is 8.43. The molecule has 2 N–H and O–H groups in total. The SMILES string of the molecule is N#Cc1cnc(N[C@@H]2CCC[C@H](c3nnc4n3CCNC4)C2)nc1. The van der Waals surface area contributed by atoms with Crippen LogP contribution in [0.4, 0.5) is 5.95 Å². The summed E-state index contributed by atoms with van der Waals surface area (Å²) in [5.41, 5.74) is 0.478. The Morgan fingerprint density at radius 2 is 2.12 bits per heavy atom. The Kier molecular flexibility index (Phi) is 4.09. The molecule has 2 atom stereocenters. The van der Waals surface area contributed by atoms with Gasteiger partial charge in [0, 0.05) is 25.0 Å². The lowest BCUT2D eigenvalue weighted by atomic mass is 9.85. The van der Waals surface area contributed by atoms with Gasteiger partial charge in [-0.25, -0.2) is 9.97 Å². The Labute approximate surface area is 140 Å². The molecule has 0 aromatic carbocycles. The Morgan fingerprint density at radius 3 is 2.96 bits per heavy atom. The number of fused-ring (bicyclic) bond motifs is 1. The minimum Gasteiger partial charge on any atom is -0.351 e. The van der Waals surface area contributed by atoms with Gasteiger partial charge in [-0.05, 0) is 19.3 Å². The normalized spacial score (nSPS) is 23.3. The van der Waals surface area contributed by atoms with E-state index in [1.54, 1.807) is 12.4 Å². The Morgan fingerprint density at radius 1 is 1.25 bits per heavy atom. The van der Waals surface area contributed by atoms with Gasteiger partial charge in [-0.3, -0.25) is 0 Å². The molecule has 1 aliphatic heterocycles. The third-order valence-corrected chi connectivity index (χ3v) is 4.80. The van der Waals surface area contributed by atoms with Crippen LogP contribution < -0.4 is 10.6 Å². The summed E-state index contributed by atoms with van der Waals surface area (Å²) in [5, 5.41) is 24.4. The topological polar surface area (TPSA) is 104 Å². The molecule has 0 spiro atoms. The summed E-state index contributed by atoms with van der Waals surface area (Å²) < 4.78 is 2.28. The van der Waals surface area contributed by atoms with E-state index < -0.39 is 0 Å². The monoisotopic (exact) mass is 324 g/mol. The minimum absolute atomic E-state index is 0.325. The Balaban J connectivity index is 1.45. The second kappa shape index (κ2) is 6.53. The van der Waals surface area contributed by atoms with Crippen LogP contribution >= 0.6 is 0 Å². The summed E-state index contributed by atoms with van der Waals surface area (Å²) in [6.45, 7) is 2.73. The van der Waals surface area contributed by atoms with Crippen molar-refractivity contribution in [3.05, 3.63) is 29.6 Å². The second-order valence-electron chi connectivity index (χ2n) is 6.41. The van der Waals surface area contributed by atoms with E-state index in [4.69, 9.17) is 5.26 Å². The van der Waals surface area contributed by atoms with E-state index in [0.29, 0.717) is 23.5 Å². The smallest absolute Gasteiger partial charge is 0.222 e. The van der Waals surface area contributed by atoms with Crippen molar-refractivity contribution in [3.8, 4) is 6.07 Å². The van der Waals surface area contributed by atoms with Gasteiger partial charge in [0.05, 0.1) is 24.5 Å². The lowest BCUT2D eigenvalue weighted by Crippen LogP contribution is -2.32. The van der Waals surface area contributed by atoms with Crippen molar-refractivity contribution in [2.75, 3.05) is 11.9 Å². The van der Waals surface area contributed by atoms with Gasteiger partial charge in [-0.15, -0.1) is 10.2 Å². The molecule has 4 rings (SSSR count). The molecule has 8 heteroatoms. The number of hydrogen-bond acceptors (Lipinski definition) is 7. The molecular weight excluding hydrogens is 304 g/mol. The molecule has 1 fully saturated rings. The Hall–Kier alpha value is -2.53. The maximum absolute atomic E-state index is 8.82. The van der Waals surface area contributed by atoms with Crippen LogP contribution in [-0.4, -0.2) is 37.3 Å². The molecule has 124 valence electrons. The van der Waals surface area contributed by atoms with E-state index in [9.17, 15) is 0 Å². The molecule has 2 aromatic rings. The summed E-state index contributed by atoms with van der Waals surface area (Å²) >= 11 is 0. The van der Waals surface area contributed by atoms with Crippen molar-refractivity contribution in [3.63, 3.8) is 0 Å². The van der Waals surface area contributed by atoms with E-state index >= 15 is 0 Å². The summed E-state index contributed by atoms with van der Waals surface area (Å²) in [5.74, 6) is 3.18. The molecular formula is C16H20N8. The molecule has 0 unspecified atom stereocenters. The standard InChI is InChI=1S/C16H20N8/c17-7-11-8-19-16(20-9-11)21-13-3-1-2-12(6-13)15-23-22-14-10-18-4-5-24(14)15/h8-9,12-13,18H,1-6,10H2,(H,19,20,21)/t12-,13+/m0/s1. The zero-order valence-corrected chi connectivity index (χ0v) is 13.4. The Bertz CT molecular complexity index is 744. The number of nitrogens with zero attached hydrogens (tertiary/aromatic N) is 6. The van der Waals surface area contributed by atoms with Gasteiger partial charge in [0.2, 0.25) is 5.95 Å². The molecule has 8 nitrogen and oxygen atoms in total. The maximum atomic E-state index is 8.82. The van der Waals surface area contributed by atoms with Gasteiger partial charge in [0.15, 0.2) is 0 Å². The average Bonchev–Trinajstić information content (AvgIpc) is 3.07. The fourth-order valence-electron chi connectivity index (χ4n) is 3.61. The number of nitrogens with one attached hydrogen (secondary N) is 2. The lowest BCUT2D eigenvalue weighted by Gasteiger charge is -2.30. The lowest BCUT2D eigenvalue weighted by molar-refractivity contribution is 0.378. The van der Waals surface area contributed by atoms with Crippen molar-refractivity contribution >= 4 is 5.95 Å². The first-order valence-electron chi connectivity index (χ1n) is 8.45. The zero-order chi connectivity index (χ0) is 16.4. The predicted molar refractivity (Wildman–Crippen MR) is 87.1 cm³/mol. The van der Waals surface area contributed by atoms with Crippen molar-refractivity contribution in [2.24, 2.45) is 0 Å². The molecule has 1 saturated carbocycles. The number of hydrogen-bond donors (Lipinski definition) is 2. The summed E-state index contributed by atoms with van der Waals surface area (Å²) in [7, 11) is 0. The van der Waals surface area contributed by atoms with E-state index in [0.717, 1.165) is 57.0 Å². The third-order valence-electron chi connectivity index (χ3n) is 4.80. The molecule has 2 aliphatic rings. The van der Waals surface area contributed by atoms with Crippen molar-refractivity contribution in [1.82, 2.24) is 30.0 Å². The summed E-state index contributed by atoms with van der Waals surface area (Å²) in [6.07, 6.45) is 7.52. The van der Waals surface area contributed by atoms with E-state index in [-0.39, 0.29) is 0 Å². The number of nitriles is 1. The predicted octanol–water partition coefficient (Wildman–Crippen LogP) is 1.18. The van der Waals surface area contributed by atoms with Crippen LogP contribution in [0.1, 0.15) is 48.8 Å². The highest BCUT2D eigenvalue weighted by Gasteiger charge is 2.29. The second-order valence-corrected chi connectivity index (χ2v) is 6.41. The van der Waals surface area contributed by atoms with Crippen LogP contribution in [0.2, 0.25) is 0 Å². The first-order valence-corrected chi connectivity index (χ1v) is 8.45. The van der Waals surface area contributed by atoms with Gasteiger partial charge in [-0.1, -0.05) is 6.42 Å². The first kappa shape index (κ1) is 15.0. The number of anilines is 1. The molecule has 3 heterocycles. The van der Waals surface area contributed by atoms with E-state index in [1.165, 1.54) is 0 Å². The third kappa shape index (κ3) is 2.95. The largest absolute Gasteiger partial charge is 0.351 e. The minimum atomic E-state index is 0.325. The van der Waals surface area contributed by atoms with Crippen LogP contribution in [0.25, 0.3) is 0 Å². The maximum Gasteiger partial charge on any atom is 0.222 e. The molecule has 0 amide bonds. The first-order chi connectivity index (χ1) is 11.8. The van der Waals surface area contributed by atoms with E-state index in [2.05, 4.69) is 35.4 Å². The van der Waals surface area contributed by atoms with Gasteiger partial charge in [-0.2, -0.15) is 5.26 Å². The molecule has 2 aromatic heterocycles. The molecule has 24 heavy (non-hydrogen) atoms. The van der Waals surface area contributed by atoms with E-state index in [1.807, 2.05) is 6.07 Å². The zero-order valence-electron chi connectivity index (χ0n) is 13.4. The molecule has 0 saturated heterocycles. The average molecular weight is 324 g/mol. The van der Waals surface area contributed by atoms with Gasteiger partial charge in [0.25, 0.3) is 0 Å². The molecule has 0 radical (unpaired) electrons. The van der Waals surface area contributed by atoms with Crippen LogP contribution in [-0.2, 0) is 13.1 Å².